The predicted molar refractivity (Wildman–Crippen MR) is 98.3 cm³/mol. The Kier molecular flexibility index (Phi) is 8.78. The molecule has 26 heavy (non-hydrogen) atoms. The molecule has 0 heterocycles. The zero-order chi connectivity index (χ0) is 19.6. The number of Topliss-reactive ketones (excluding diaryl/α,β-unsaturated/α-hetero) is 1. The fraction of sp³-hybridized carbons (Fsp3) is 0.526. The van der Waals surface area contributed by atoms with E-state index in [-0.39, 0.29) is 12.3 Å². The van der Waals surface area contributed by atoms with Crippen LogP contribution in [0.5, 0.6) is 0 Å². The van der Waals surface area contributed by atoms with Crippen LogP contribution in [0.1, 0.15) is 50.4 Å². The van der Waals surface area contributed by atoms with Crippen molar-refractivity contribution in [1.29, 1.82) is 0 Å². The monoisotopic (exact) mass is 364 g/mol. The largest absolute Gasteiger partial charge is 0.480 e. The molecule has 0 radical (unpaired) electrons. The summed E-state index contributed by atoms with van der Waals surface area (Å²) in [5.74, 6) is -1.08. The Hall–Kier alpha value is -2.41. The summed E-state index contributed by atoms with van der Waals surface area (Å²) >= 11 is 0. The number of ketones is 1. The third kappa shape index (κ3) is 9.17. The average Bonchev–Trinajstić information content (AvgIpc) is 2.55. The summed E-state index contributed by atoms with van der Waals surface area (Å²) in [6.07, 6.45) is 0.848. The van der Waals surface area contributed by atoms with Crippen molar-refractivity contribution in [2.24, 2.45) is 0 Å². The maximum absolute atomic E-state index is 11.9. The maximum atomic E-state index is 11.9. The van der Waals surface area contributed by atoms with Crippen LogP contribution in [0.3, 0.4) is 0 Å². The molecule has 1 rings (SSSR count). The normalized spacial score (nSPS) is 12.3. The topological polar surface area (TPSA) is 105 Å². The Morgan fingerprint density at radius 3 is 2.35 bits per heavy atom. The number of carboxylic acid groups (broad SMARTS) is 1. The molecule has 0 aliphatic rings. The molecule has 0 fully saturated rings. The quantitative estimate of drug-likeness (QED) is 0.435. The Bertz CT molecular complexity index is 596. The van der Waals surface area contributed by atoms with Gasteiger partial charge >= 0.3 is 12.1 Å². The van der Waals surface area contributed by atoms with E-state index in [2.05, 4.69) is 10.6 Å². The van der Waals surface area contributed by atoms with E-state index in [1.807, 2.05) is 18.2 Å². The molecule has 0 aliphatic carbocycles. The van der Waals surface area contributed by atoms with Gasteiger partial charge in [-0.25, -0.2) is 9.59 Å². The average molecular weight is 364 g/mol. The first-order valence-corrected chi connectivity index (χ1v) is 8.70. The van der Waals surface area contributed by atoms with Gasteiger partial charge in [0, 0.05) is 5.56 Å². The summed E-state index contributed by atoms with van der Waals surface area (Å²) in [4.78, 5) is 34.8. The van der Waals surface area contributed by atoms with Crippen molar-refractivity contribution in [1.82, 2.24) is 10.6 Å². The number of nitrogens with one attached hydrogen (secondary N) is 2. The van der Waals surface area contributed by atoms with Crippen molar-refractivity contribution in [3.05, 3.63) is 35.9 Å². The van der Waals surface area contributed by atoms with Crippen molar-refractivity contribution in [2.45, 2.75) is 51.7 Å². The van der Waals surface area contributed by atoms with E-state index in [1.54, 1.807) is 32.9 Å². The lowest BCUT2D eigenvalue weighted by molar-refractivity contribution is -0.139. The molecule has 7 nitrogen and oxygen atoms in total. The number of unbranched alkanes of at least 4 members (excludes halogenated alkanes) is 1. The minimum Gasteiger partial charge on any atom is -0.480 e. The zero-order valence-electron chi connectivity index (χ0n) is 15.6. The van der Waals surface area contributed by atoms with Crippen LogP contribution in [0, 0.1) is 0 Å². The fourth-order valence-corrected chi connectivity index (χ4v) is 2.23. The predicted octanol–water partition coefficient (Wildman–Crippen LogP) is 2.61. The lowest BCUT2D eigenvalue weighted by Crippen LogP contribution is -2.43. The summed E-state index contributed by atoms with van der Waals surface area (Å²) in [6, 6.07) is 8.03. The van der Waals surface area contributed by atoms with Crippen molar-refractivity contribution in [3.8, 4) is 0 Å². The molecular weight excluding hydrogens is 336 g/mol. The first kappa shape index (κ1) is 21.6. The molecule has 1 atom stereocenters. The summed E-state index contributed by atoms with van der Waals surface area (Å²) < 4.78 is 5.07. The molecule has 0 saturated heterocycles. The molecule has 1 unspecified atom stereocenters. The standard InChI is InChI=1S/C19H28N2O5/c1-19(2,3)26-18(25)21-15(17(23)24)11-7-8-12-20-13-16(22)14-9-5-4-6-10-14/h4-6,9-10,15,20H,7-8,11-13H2,1-3H3,(H,21,25)(H,23,24). The van der Waals surface area contributed by atoms with Crippen LogP contribution >= 0.6 is 0 Å². The minimum absolute atomic E-state index is 0.0144. The Morgan fingerprint density at radius 1 is 1.12 bits per heavy atom. The molecule has 1 amide bonds. The number of rotatable bonds is 10. The summed E-state index contributed by atoms with van der Waals surface area (Å²) in [5, 5.41) is 14.6. The third-order valence-electron chi connectivity index (χ3n) is 3.47. The summed E-state index contributed by atoms with van der Waals surface area (Å²) in [7, 11) is 0. The molecule has 1 aromatic carbocycles. The van der Waals surface area contributed by atoms with Gasteiger partial charge in [0.2, 0.25) is 0 Å². The molecule has 1 aromatic rings. The number of hydrogen-bond acceptors (Lipinski definition) is 5. The van der Waals surface area contributed by atoms with Crippen LogP contribution in [0.25, 0.3) is 0 Å². The number of aliphatic carboxylic acids is 1. The Labute approximate surface area is 154 Å². The number of carbonyl (C=O) groups excluding carboxylic acids is 2. The van der Waals surface area contributed by atoms with E-state index in [0.29, 0.717) is 31.4 Å². The van der Waals surface area contributed by atoms with E-state index in [1.165, 1.54) is 0 Å². The molecule has 0 saturated carbocycles. The lowest BCUT2D eigenvalue weighted by atomic mass is 10.1. The minimum atomic E-state index is -1.09. The molecule has 0 bridgehead atoms. The molecular formula is C19H28N2O5. The molecule has 0 spiro atoms. The number of hydrogen-bond donors (Lipinski definition) is 3. The fourth-order valence-electron chi connectivity index (χ4n) is 2.23. The van der Waals surface area contributed by atoms with E-state index in [9.17, 15) is 19.5 Å². The second-order valence-corrected chi connectivity index (χ2v) is 7.00. The number of amides is 1. The molecule has 3 N–H and O–H groups in total. The van der Waals surface area contributed by atoms with Gasteiger partial charge in [-0.2, -0.15) is 0 Å². The van der Waals surface area contributed by atoms with Gasteiger partial charge in [-0.05, 0) is 46.6 Å². The SMILES string of the molecule is CC(C)(C)OC(=O)NC(CCCCNCC(=O)c1ccccc1)C(=O)O. The van der Waals surface area contributed by atoms with Crippen LogP contribution < -0.4 is 10.6 Å². The van der Waals surface area contributed by atoms with Gasteiger partial charge in [0.05, 0.1) is 6.54 Å². The van der Waals surface area contributed by atoms with E-state index in [4.69, 9.17) is 4.74 Å². The van der Waals surface area contributed by atoms with E-state index >= 15 is 0 Å². The highest BCUT2D eigenvalue weighted by atomic mass is 16.6. The number of benzene rings is 1. The van der Waals surface area contributed by atoms with E-state index in [0.717, 1.165) is 0 Å². The Balaban J connectivity index is 2.24. The van der Waals surface area contributed by atoms with Gasteiger partial charge in [0.1, 0.15) is 11.6 Å². The van der Waals surface area contributed by atoms with Crippen molar-refractivity contribution in [3.63, 3.8) is 0 Å². The third-order valence-corrected chi connectivity index (χ3v) is 3.47. The van der Waals surface area contributed by atoms with E-state index < -0.39 is 23.7 Å². The van der Waals surface area contributed by atoms with Crippen LogP contribution in [0.2, 0.25) is 0 Å². The lowest BCUT2D eigenvalue weighted by Gasteiger charge is -2.22. The Morgan fingerprint density at radius 2 is 1.77 bits per heavy atom. The number of carbonyl (C=O) groups is 3. The van der Waals surface area contributed by atoms with Crippen molar-refractivity contribution in [2.75, 3.05) is 13.1 Å². The molecule has 144 valence electrons. The first-order valence-electron chi connectivity index (χ1n) is 8.70. The van der Waals surface area contributed by atoms with Crippen molar-refractivity contribution < 1.29 is 24.2 Å². The van der Waals surface area contributed by atoms with Crippen LogP contribution in [-0.2, 0) is 9.53 Å². The highest BCUT2D eigenvalue weighted by molar-refractivity contribution is 5.97. The smallest absolute Gasteiger partial charge is 0.408 e. The number of ether oxygens (including phenoxy) is 1. The maximum Gasteiger partial charge on any atom is 0.408 e. The van der Waals surface area contributed by atoms with Gasteiger partial charge < -0.3 is 20.5 Å². The van der Waals surface area contributed by atoms with Crippen LogP contribution in [0.4, 0.5) is 4.79 Å². The number of alkyl carbamates (subject to hydrolysis) is 1. The summed E-state index contributed by atoms with van der Waals surface area (Å²) in [6.45, 7) is 5.97. The van der Waals surface area contributed by atoms with Crippen LogP contribution in [0.15, 0.2) is 30.3 Å². The second-order valence-electron chi connectivity index (χ2n) is 7.00. The van der Waals surface area contributed by atoms with Gasteiger partial charge in [0.25, 0.3) is 0 Å². The molecule has 0 aliphatic heterocycles. The highest BCUT2D eigenvalue weighted by Crippen LogP contribution is 2.08. The van der Waals surface area contributed by atoms with Gasteiger partial charge in [-0.1, -0.05) is 30.3 Å². The van der Waals surface area contributed by atoms with Crippen molar-refractivity contribution >= 4 is 17.8 Å². The molecule has 7 heteroatoms. The number of carboxylic acids is 1. The second kappa shape index (κ2) is 10.6. The van der Waals surface area contributed by atoms with Gasteiger partial charge in [-0.15, -0.1) is 0 Å². The van der Waals surface area contributed by atoms with Gasteiger partial charge in [-0.3, -0.25) is 4.79 Å². The zero-order valence-corrected chi connectivity index (χ0v) is 15.6. The first-order chi connectivity index (χ1) is 12.2. The van der Waals surface area contributed by atoms with Gasteiger partial charge in [0.15, 0.2) is 5.78 Å². The van der Waals surface area contributed by atoms with Crippen LogP contribution in [-0.4, -0.2) is 47.7 Å². The summed E-state index contributed by atoms with van der Waals surface area (Å²) in [5.41, 5.74) is -0.0185. The highest BCUT2D eigenvalue weighted by Gasteiger charge is 2.23. The molecule has 0 aromatic heterocycles.